The number of rotatable bonds is 7. The molecule has 3 rings (SSSR count). The highest BCUT2D eigenvalue weighted by Gasteiger charge is 2.32. The van der Waals surface area contributed by atoms with Gasteiger partial charge in [-0.15, -0.1) is 0 Å². The number of hydrogen-bond donors (Lipinski definition) is 1. The zero-order valence-electron chi connectivity index (χ0n) is 14.7. The number of carbonyl (C=O) groups is 1. The molecule has 1 N–H and O–H groups in total. The molecule has 130 valence electrons. The number of hydrogen-bond acceptors (Lipinski definition) is 3. The minimum Gasteiger partial charge on any atom is -0.335 e. The third-order valence-corrected chi connectivity index (χ3v) is 5.04. The highest BCUT2D eigenvalue weighted by Crippen LogP contribution is 2.27. The van der Waals surface area contributed by atoms with E-state index in [1.165, 1.54) is 5.56 Å². The lowest BCUT2D eigenvalue weighted by Gasteiger charge is -2.32. The van der Waals surface area contributed by atoms with Gasteiger partial charge in [-0.3, -0.25) is 9.69 Å². The Morgan fingerprint density at radius 2 is 1.83 bits per heavy atom. The molecule has 0 aromatic heterocycles. The van der Waals surface area contributed by atoms with Crippen LogP contribution in [-0.2, 0) is 4.79 Å². The molecule has 1 heterocycles. The Bertz CT molecular complexity index is 547. The van der Waals surface area contributed by atoms with Crippen molar-refractivity contribution in [3.05, 3.63) is 42.0 Å². The predicted octanol–water partition coefficient (Wildman–Crippen LogP) is 2.37. The number of benzene rings is 1. The molecular weight excluding hydrogens is 298 g/mol. The molecule has 2 aliphatic rings. The second-order valence-corrected chi connectivity index (χ2v) is 6.99. The van der Waals surface area contributed by atoms with Gasteiger partial charge in [-0.1, -0.05) is 42.5 Å². The summed E-state index contributed by atoms with van der Waals surface area (Å²) in [4.78, 5) is 17.1. The first-order valence-corrected chi connectivity index (χ1v) is 9.16. The van der Waals surface area contributed by atoms with Gasteiger partial charge in [0.25, 0.3) is 0 Å². The molecule has 0 atom stereocenters. The zero-order valence-corrected chi connectivity index (χ0v) is 14.7. The summed E-state index contributed by atoms with van der Waals surface area (Å²) in [7, 11) is 2.10. The number of piperidine rings is 1. The minimum atomic E-state index is 0.274. The van der Waals surface area contributed by atoms with Gasteiger partial charge in [-0.2, -0.15) is 0 Å². The molecule has 0 bridgehead atoms. The maximum absolute atomic E-state index is 12.8. The molecule has 1 amide bonds. The summed E-state index contributed by atoms with van der Waals surface area (Å²) in [6, 6.07) is 11.3. The standard InChI is InChI=1S/C20H29N3O/c1-22(18-11-13-21-14-12-18)16-20(24)23(19-9-10-19)15-5-8-17-6-3-2-4-7-17/h2-8,18-19,21H,9-16H2,1H3. The van der Waals surface area contributed by atoms with E-state index in [1.807, 2.05) is 18.2 Å². The Balaban J connectivity index is 1.52. The molecule has 1 aromatic carbocycles. The van der Waals surface area contributed by atoms with Crippen LogP contribution in [0.3, 0.4) is 0 Å². The average Bonchev–Trinajstić information content (AvgIpc) is 3.45. The second-order valence-electron chi connectivity index (χ2n) is 6.99. The van der Waals surface area contributed by atoms with Crippen molar-refractivity contribution < 1.29 is 4.79 Å². The Labute approximate surface area is 145 Å². The van der Waals surface area contributed by atoms with E-state index in [-0.39, 0.29) is 5.91 Å². The van der Waals surface area contributed by atoms with E-state index >= 15 is 0 Å². The SMILES string of the molecule is CN(CC(=O)N(CC=Cc1ccccc1)C1CC1)C1CCNCC1. The Morgan fingerprint density at radius 3 is 2.50 bits per heavy atom. The summed E-state index contributed by atoms with van der Waals surface area (Å²) in [6.07, 6.45) is 8.82. The summed E-state index contributed by atoms with van der Waals surface area (Å²) >= 11 is 0. The van der Waals surface area contributed by atoms with Crippen LogP contribution in [-0.4, -0.2) is 61.0 Å². The third kappa shape index (κ3) is 4.92. The van der Waals surface area contributed by atoms with E-state index < -0.39 is 0 Å². The van der Waals surface area contributed by atoms with Crippen molar-refractivity contribution in [2.24, 2.45) is 0 Å². The molecule has 1 aliphatic heterocycles. The lowest BCUT2D eigenvalue weighted by atomic mass is 10.1. The van der Waals surface area contributed by atoms with Crippen LogP contribution in [0.1, 0.15) is 31.2 Å². The zero-order chi connectivity index (χ0) is 16.8. The van der Waals surface area contributed by atoms with Crippen molar-refractivity contribution in [2.75, 3.05) is 33.2 Å². The van der Waals surface area contributed by atoms with Gasteiger partial charge in [0.15, 0.2) is 0 Å². The quantitative estimate of drug-likeness (QED) is 0.835. The Morgan fingerprint density at radius 1 is 1.12 bits per heavy atom. The van der Waals surface area contributed by atoms with Crippen LogP contribution in [0.15, 0.2) is 36.4 Å². The van der Waals surface area contributed by atoms with Gasteiger partial charge >= 0.3 is 0 Å². The fourth-order valence-corrected chi connectivity index (χ4v) is 3.39. The molecule has 4 heteroatoms. The minimum absolute atomic E-state index is 0.274. The lowest BCUT2D eigenvalue weighted by Crippen LogP contribution is -2.47. The maximum Gasteiger partial charge on any atom is 0.237 e. The van der Waals surface area contributed by atoms with Gasteiger partial charge in [0.05, 0.1) is 6.54 Å². The van der Waals surface area contributed by atoms with E-state index in [1.54, 1.807) is 0 Å². The summed E-state index contributed by atoms with van der Waals surface area (Å²) in [6.45, 7) is 3.39. The smallest absolute Gasteiger partial charge is 0.237 e. The molecule has 4 nitrogen and oxygen atoms in total. The molecule has 2 fully saturated rings. The highest BCUT2D eigenvalue weighted by molar-refractivity contribution is 5.79. The van der Waals surface area contributed by atoms with Crippen molar-refractivity contribution in [1.82, 2.24) is 15.1 Å². The lowest BCUT2D eigenvalue weighted by molar-refractivity contribution is -0.132. The number of nitrogens with zero attached hydrogens (tertiary/aromatic N) is 2. The van der Waals surface area contributed by atoms with Crippen molar-refractivity contribution in [3.63, 3.8) is 0 Å². The van der Waals surface area contributed by atoms with Gasteiger partial charge < -0.3 is 10.2 Å². The van der Waals surface area contributed by atoms with E-state index in [4.69, 9.17) is 0 Å². The predicted molar refractivity (Wildman–Crippen MR) is 98.7 cm³/mol. The molecule has 1 aliphatic carbocycles. The maximum atomic E-state index is 12.8. The first kappa shape index (κ1) is 17.2. The second kappa shape index (κ2) is 8.45. The molecule has 1 saturated heterocycles. The third-order valence-electron chi connectivity index (χ3n) is 5.04. The monoisotopic (exact) mass is 327 g/mol. The summed E-state index contributed by atoms with van der Waals surface area (Å²) < 4.78 is 0. The molecule has 24 heavy (non-hydrogen) atoms. The number of carbonyl (C=O) groups excluding carboxylic acids is 1. The van der Waals surface area contributed by atoms with Gasteiger partial charge in [-0.25, -0.2) is 0 Å². The Hall–Kier alpha value is -1.65. The van der Waals surface area contributed by atoms with Crippen molar-refractivity contribution in [1.29, 1.82) is 0 Å². The van der Waals surface area contributed by atoms with E-state index in [0.717, 1.165) is 45.3 Å². The van der Waals surface area contributed by atoms with Gasteiger partial charge in [0, 0.05) is 18.6 Å². The fourth-order valence-electron chi connectivity index (χ4n) is 3.39. The van der Waals surface area contributed by atoms with Crippen molar-refractivity contribution >= 4 is 12.0 Å². The van der Waals surface area contributed by atoms with Gasteiger partial charge in [0.2, 0.25) is 5.91 Å². The first-order valence-electron chi connectivity index (χ1n) is 9.16. The largest absolute Gasteiger partial charge is 0.335 e. The van der Waals surface area contributed by atoms with Crippen LogP contribution in [0, 0.1) is 0 Å². The van der Waals surface area contributed by atoms with Crippen molar-refractivity contribution in [3.8, 4) is 0 Å². The molecular formula is C20H29N3O. The average molecular weight is 327 g/mol. The fraction of sp³-hybridized carbons (Fsp3) is 0.550. The molecule has 1 saturated carbocycles. The first-order chi connectivity index (χ1) is 11.7. The molecule has 0 spiro atoms. The summed E-state index contributed by atoms with van der Waals surface area (Å²) in [5.41, 5.74) is 1.19. The van der Waals surface area contributed by atoms with Crippen LogP contribution in [0.4, 0.5) is 0 Å². The summed E-state index contributed by atoms with van der Waals surface area (Å²) in [5.74, 6) is 0.274. The van der Waals surface area contributed by atoms with Crippen LogP contribution in [0.2, 0.25) is 0 Å². The molecule has 0 radical (unpaired) electrons. The number of amides is 1. The van der Waals surface area contributed by atoms with Crippen LogP contribution >= 0.6 is 0 Å². The highest BCUT2D eigenvalue weighted by atomic mass is 16.2. The van der Waals surface area contributed by atoms with E-state index in [2.05, 4.69) is 46.4 Å². The van der Waals surface area contributed by atoms with E-state index in [9.17, 15) is 4.79 Å². The van der Waals surface area contributed by atoms with Gasteiger partial charge in [-0.05, 0) is 51.4 Å². The van der Waals surface area contributed by atoms with Crippen LogP contribution in [0.25, 0.3) is 6.08 Å². The summed E-state index contributed by atoms with van der Waals surface area (Å²) in [5, 5.41) is 3.39. The van der Waals surface area contributed by atoms with Gasteiger partial charge in [0.1, 0.15) is 0 Å². The molecule has 0 unspecified atom stereocenters. The number of likely N-dealkylation sites (N-methyl/N-ethyl adjacent to an activating group) is 1. The van der Waals surface area contributed by atoms with Crippen molar-refractivity contribution in [2.45, 2.75) is 37.8 Å². The molecule has 1 aromatic rings. The topological polar surface area (TPSA) is 35.6 Å². The number of nitrogens with one attached hydrogen (secondary N) is 1. The van der Waals surface area contributed by atoms with E-state index in [0.29, 0.717) is 18.6 Å². The van der Waals surface area contributed by atoms with Crippen LogP contribution in [0.5, 0.6) is 0 Å². The Kier molecular flexibility index (Phi) is 6.05. The van der Waals surface area contributed by atoms with Crippen LogP contribution < -0.4 is 5.32 Å². The normalized spacial score (nSPS) is 19.1.